The molecule has 1 aromatic heterocycles. The van der Waals surface area contributed by atoms with Gasteiger partial charge in [-0.25, -0.2) is 4.79 Å². The van der Waals surface area contributed by atoms with E-state index in [0.29, 0.717) is 28.0 Å². The first-order valence-corrected chi connectivity index (χ1v) is 7.96. The second-order valence-corrected chi connectivity index (χ2v) is 5.56. The molecule has 3 aromatic rings. The summed E-state index contributed by atoms with van der Waals surface area (Å²) in [4.78, 5) is 12.4. The summed E-state index contributed by atoms with van der Waals surface area (Å²) in [5, 5.41) is 8.42. The number of methoxy groups -OCH3 is 2. The van der Waals surface area contributed by atoms with Crippen LogP contribution in [0.15, 0.2) is 46.9 Å². The monoisotopic (exact) mass is 374 g/mol. The maximum Gasteiger partial charge on any atom is 0.346 e. The molecule has 1 heterocycles. The largest absolute Gasteiger partial charge is 0.496 e. The molecule has 7 nitrogen and oxygen atoms in total. The van der Waals surface area contributed by atoms with E-state index in [2.05, 4.69) is 10.2 Å². The predicted molar refractivity (Wildman–Crippen MR) is 93.4 cm³/mol. The summed E-state index contributed by atoms with van der Waals surface area (Å²) in [5.41, 5.74) is 0.904. The van der Waals surface area contributed by atoms with Crippen molar-refractivity contribution in [2.45, 2.75) is 6.61 Å². The molecule has 2 aromatic carbocycles. The predicted octanol–water partition coefficient (Wildman–Crippen LogP) is 3.76. The molecule has 0 aliphatic carbocycles. The molecule has 0 aliphatic heterocycles. The summed E-state index contributed by atoms with van der Waals surface area (Å²) < 4.78 is 21.1. The van der Waals surface area contributed by atoms with Crippen molar-refractivity contribution >= 4 is 17.6 Å². The Kier molecular flexibility index (Phi) is 5.38. The number of carbonyl (C=O) groups excluding carboxylic acids is 1. The van der Waals surface area contributed by atoms with Crippen LogP contribution >= 0.6 is 11.6 Å². The van der Waals surface area contributed by atoms with Gasteiger partial charge in [-0.15, -0.1) is 10.2 Å². The Morgan fingerprint density at radius 3 is 2.31 bits per heavy atom. The Morgan fingerprint density at radius 2 is 1.69 bits per heavy atom. The van der Waals surface area contributed by atoms with Gasteiger partial charge in [-0.3, -0.25) is 0 Å². The summed E-state index contributed by atoms with van der Waals surface area (Å²) in [6.45, 7) is -0.180. The van der Waals surface area contributed by atoms with Gasteiger partial charge >= 0.3 is 5.97 Å². The van der Waals surface area contributed by atoms with Crippen molar-refractivity contribution in [3.63, 3.8) is 0 Å². The average Bonchev–Trinajstić information content (AvgIpc) is 3.15. The molecule has 0 amide bonds. The SMILES string of the molecule is COc1cccc(OC)c1C(=O)OCc1nnc(-c2ccc(Cl)cc2)o1. The molecule has 0 fully saturated rings. The van der Waals surface area contributed by atoms with Crippen molar-refractivity contribution in [3.8, 4) is 23.0 Å². The zero-order chi connectivity index (χ0) is 18.5. The van der Waals surface area contributed by atoms with Gasteiger partial charge in [-0.1, -0.05) is 17.7 Å². The van der Waals surface area contributed by atoms with E-state index in [9.17, 15) is 4.79 Å². The molecule has 134 valence electrons. The van der Waals surface area contributed by atoms with E-state index < -0.39 is 5.97 Å². The van der Waals surface area contributed by atoms with Gasteiger partial charge in [0.25, 0.3) is 5.89 Å². The fraction of sp³-hybridized carbons (Fsp3) is 0.167. The molecule has 0 saturated carbocycles. The molecular formula is C18H15ClN2O5. The van der Waals surface area contributed by atoms with Crippen molar-refractivity contribution in [1.82, 2.24) is 10.2 Å². The number of halogens is 1. The molecule has 3 rings (SSSR count). The Balaban J connectivity index is 1.72. The van der Waals surface area contributed by atoms with E-state index in [-0.39, 0.29) is 18.1 Å². The number of nitrogens with zero attached hydrogens (tertiary/aromatic N) is 2. The molecular weight excluding hydrogens is 360 g/mol. The van der Waals surface area contributed by atoms with Crippen LogP contribution in [0.1, 0.15) is 16.2 Å². The fourth-order valence-corrected chi connectivity index (χ4v) is 2.40. The number of ether oxygens (including phenoxy) is 3. The minimum absolute atomic E-state index is 0.164. The van der Waals surface area contributed by atoms with Crippen LogP contribution in [-0.4, -0.2) is 30.4 Å². The van der Waals surface area contributed by atoms with Gasteiger partial charge in [-0.05, 0) is 36.4 Å². The lowest BCUT2D eigenvalue weighted by Gasteiger charge is -2.11. The smallest absolute Gasteiger partial charge is 0.346 e. The van der Waals surface area contributed by atoms with E-state index in [1.165, 1.54) is 14.2 Å². The number of hydrogen-bond donors (Lipinski definition) is 0. The van der Waals surface area contributed by atoms with Crippen LogP contribution in [-0.2, 0) is 11.3 Å². The Labute approximate surface area is 154 Å². The molecule has 0 saturated heterocycles. The standard InChI is InChI=1S/C18H15ClN2O5/c1-23-13-4-3-5-14(24-2)16(13)18(22)25-10-15-20-21-17(26-15)11-6-8-12(19)9-7-11/h3-9H,10H2,1-2H3. The maximum atomic E-state index is 12.4. The lowest BCUT2D eigenvalue weighted by molar-refractivity contribution is 0.0431. The number of carbonyl (C=O) groups is 1. The summed E-state index contributed by atoms with van der Waals surface area (Å²) in [6, 6.07) is 11.9. The minimum Gasteiger partial charge on any atom is -0.496 e. The van der Waals surface area contributed by atoms with Gasteiger partial charge in [0.1, 0.15) is 17.1 Å². The van der Waals surface area contributed by atoms with E-state index in [1.807, 2.05) is 0 Å². The van der Waals surface area contributed by atoms with Gasteiger partial charge in [0.15, 0.2) is 6.61 Å². The van der Waals surface area contributed by atoms with Crippen LogP contribution in [0, 0.1) is 0 Å². The van der Waals surface area contributed by atoms with Crippen LogP contribution in [0.25, 0.3) is 11.5 Å². The highest BCUT2D eigenvalue weighted by atomic mass is 35.5. The summed E-state index contributed by atoms with van der Waals surface area (Å²) in [6.07, 6.45) is 0. The summed E-state index contributed by atoms with van der Waals surface area (Å²) in [5.74, 6) is 0.550. The lowest BCUT2D eigenvalue weighted by Crippen LogP contribution is -2.09. The minimum atomic E-state index is -0.620. The molecule has 0 bridgehead atoms. The third-order valence-electron chi connectivity index (χ3n) is 3.52. The molecule has 0 aliphatic rings. The molecule has 8 heteroatoms. The Bertz CT molecular complexity index is 886. The normalized spacial score (nSPS) is 10.4. The highest BCUT2D eigenvalue weighted by Gasteiger charge is 2.20. The third kappa shape index (κ3) is 3.78. The highest BCUT2D eigenvalue weighted by Crippen LogP contribution is 2.29. The number of aromatic nitrogens is 2. The zero-order valence-electron chi connectivity index (χ0n) is 14.1. The van der Waals surface area contributed by atoms with Crippen molar-refractivity contribution in [3.05, 3.63) is 58.9 Å². The van der Waals surface area contributed by atoms with Crippen LogP contribution in [0.3, 0.4) is 0 Å². The van der Waals surface area contributed by atoms with Crippen LogP contribution < -0.4 is 9.47 Å². The van der Waals surface area contributed by atoms with E-state index >= 15 is 0 Å². The van der Waals surface area contributed by atoms with Crippen molar-refractivity contribution in [2.24, 2.45) is 0 Å². The molecule has 0 N–H and O–H groups in total. The van der Waals surface area contributed by atoms with E-state index in [0.717, 1.165) is 0 Å². The Morgan fingerprint density at radius 1 is 1.04 bits per heavy atom. The first-order chi connectivity index (χ1) is 12.6. The number of benzene rings is 2. The molecule has 0 unspecified atom stereocenters. The lowest BCUT2D eigenvalue weighted by atomic mass is 10.2. The van der Waals surface area contributed by atoms with Gasteiger partial charge in [-0.2, -0.15) is 0 Å². The average molecular weight is 375 g/mol. The second kappa shape index (κ2) is 7.88. The van der Waals surface area contributed by atoms with E-state index in [4.69, 9.17) is 30.2 Å². The van der Waals surface area contributed by atoms with Gasteiger partial charge < -0.3 is 18.6 Å². The maximum absolute atomic E-state index is 12.4. The van der Waals surface area contributed by atoms with Crippen LogP contribution in [0.5, 0.6) is 11.5 Å². The van der Waals surface area contributed by atoms with E-state index in [1.54, 1.807) is 42.5 Å². The third-order valence-corrected chi connectivity index (χ3v) is 3.77. The number of rotatable bonds is 6. The second-order valence-electron chi connectivity index (χ2n) is 5.12. The van der Waals surface area contributed by atoms with Crippen molar-refractivity contribution < 1.29 is 23.4 Å². The molecule has 0 radical (unpaired) electrons. The zero-order valence-corrected chi connectivity index (χ0v) is 14.8. The van der Waals surface area contributed by atoms with Gasteiger partial charge in [0.05, 0.1) is 14.2 Å². The molecule has 26 heavy (non-hydrogen) atoms. The first-order valence-electron chi connectivity index (χ1n) is 7.59. The van der Waals surface area contributed by atoms with Crippen LogP contribution in [0.2, 0.25) is 5.02 Å². The summed E-state index contributed by atoms with van der Waals surface area (Å²) >= 11 is 5.85. The quantitative estimate of drug-likeness (QED) is 0.607. The first kappa shape index (κ1) is 17.8. The summed E-state index contributed by atoms with van der Waals surface area (Å²) in [7, 11) is 2.92. The topological polar surface area (TPSA) is 83.7 Å². The number of esters is 1. The molecule has 0 spiro atoms. The molecule has 0 atom stereocenters. The van der Waals surface area contributed by atoms with Crippen molar-refractivity contribution in [2.75, 3.05) is 14.2 Å². The Hall–Kier alpha value is -3.06. The highest BCUT2D eigenvalue weighted by molar-refractivity contribution is 6.30. The number of hydrogen-bond acceptors (Lipinski definition) is 7. The van der Waals surface area contributed by atoms with Gasteiger partial charge in [0, 0.05) is 10.6 Å². The fourth-order valence-electron chi connectivity index (χ4n) is 2.27. The van der Waals surface area contributed by atoms with Crippen LogP contribution in [0.4, 0.5) is 0 Å². The van der Waals surface area contributed by atoms with Gasteiger partial charge in [0.2, 0.25) is 5.89 Å². The van der Waals surface area contributed by atoms with Crippen molar-refractivity contribution in [1.29, 1.82) is 0 Å².